The molecule has 4 aliphatic rings. The highest BCUT2D eigenvalue weighted by atomic mass is 19.1. The molecule has 6 rings (SSSR count). The number of rotatable bonds is 10. The Morgan fingerprint density at radius 1 is 1.02 bits per heavy atom. The van der Waals surface area contributed by atoms with E-state index in [-0.39, 0.29) is 53.6 Å². The summed E-state index contributed by atoms with van der Waals surface area (Å²) >= 11 is 0. The fourth-order valence-corrected chi connectivity index (χ4v) is 8.78. The molecule has 2 aromatic carbocycles. The lowest BCUT2D eigenvalue weighted by atomic mass is 9.56. The van der Waals surface area contributed by atoms with E-state index in [1.165, 1.54) is 19.2 Å². The number of nitrogens with zero attached hydrogens (tertiary/aromatic N) is 4. The number of carbonyl (C=O) groups excluding carboxylic acids is 1. The Bertz CT molecular complexity index is 1380. The average molecular weight is 609 g/mol. The van der Waals surface area contributed by atoms with Crippen LogP contribution in [0.2, 0.25) is 0 Å². The lowest BCUT2D eigenvalue weighted by Gasteiger charge is -2.54. The SMILES string of the molecule is COC(=O)C[C@H]1CCC[C@@H]1[C@](CN1CCC1)(c1cccc(F)c1)C1CCN(CC2(F)CN(c3ccc(C#N)cc3F)C2)CC1. The molecule has 6 nitrogen and oxygen atoms in total. The monoisotopic (exact) mass is 608 g/mol. The summed E-state index contributed by atoms with van der Waals surface area (Å²) in [7, 11) is 1.45. The Labute approximate surface area is 258 Å². The normalized spacial score (nSPS) is 25.5. The molecular formula is C35H43F3N4O2. The first kappa shape index (κ1) is 30.9. The third-order valence-corrected chi connectivity index (χ3v) is 11.0. The third kappa shape index (κ3) is 6.08. The fourth-order valence-electron chi connectivity index (χ4n) is 8.78. The van der Waals surface area contributed by atoms with Crippen LogP contribution in [0.25, 0.3) is 0 Å². The van der Waals surface area contributed by atoms with E-state index in [1.807, 2.05) is 12.1 Å². The van der Waals surface area contributed by atoms with Crippen molar-refractivity contribution in [1.82, 2.24) is 9.80 Å². The topological polar surface area (TPSA) is 59.8 Å². The number of hydrogen-bond donors (Lipinski definition) is 0. The number of likely N-dealkylation sites (tertiary alicyclic amines) is 2. The number of methoxy groups -OCH3 is 1. The molecule has 0 spiro atoms. The molecule has 0 radical (unpaired) electrons. The number of halogens is 3. The van der Waals surface area contributed by atoms with Gasteiger partial charge in [0.05, 0.1) is 37.5 Å². The van der Waals surface area contributed by atoms with Crippen LogP contribution in [-0.4, -0.2) is 80.9 Å². The van der Waals surface area contributed by atoms with Crippen LogP contribution in [0.4, 0.5) is 18.9 Å². The standard InChI is InChI=1S/C35H43F3N4O2/c1-44-33(43)18-26-5-2-8-30(26)35(24-40-13-4-14-40,28-6-3-7-29(36)19-28)27-11-15-41(16-12-27)21-34(38)22-42(23-34)32-10-9-25(20-39)17-31(32)37/h3,6-7,9-10,17,19,26-27,30H,2,4-5,8,11-16,18,21-24H2,1H3/t26-,30+,35+/m1/s1. The first-order valence-electron chi connectivity index (χ1n) is 16.1. The van der Waals surface area contributed by atoms with Crippen LogP contribution in [0.15, 0.2) is 42.5 Å². The van der Waals surface area contributed by atoms with E-state index in [2.05, 4.69) is 15.9 Å². The zero-order chi connectivity index (χ0) is 30.9. The summed E-state index contributed by atoms with van der Waals surface area (Å²) in [6, 6.07) is 13.4. The number of carbonyl (C=O) groups is 1. The highest BCUT2D eigenvalue weighted by molar-refractivity contribution is 5.69. The van der Waals surface area contributed by atoms with Gasteiger partial charge in [0.2, 0.25) is 0 Å². The maximum Gasteiger partial charge on any atom is 0.305 e. The van der Waals surface area contributed by atoms with Gasteiger partial charge in [0.1, 0.15) is 11.6 Å². The molecule has 2 aromatic rings. The van der Waals surface area contributed by atoms with Gasteiger partial charge in [0, 0.05) is 24.9 Å². The summed E-state index contributed by atoms with van der Waals surface area (Å²) in [5, 5.41) is 9.02. The van der Waals surface area contributed by atoms with E-state index in [9.17, 15) is 13.6 Å². The number of hydrogen-bond acceptors (Lipinski definition) is 6. The number of anilines is 1. The molecule has 0 N–H and O–H groups in total. The highest BCUT2D eigenvalue weighted by Crippen LogP contribution is 2.54. The minimum atomic E-state index is -1.43. The predicted octanol–water partition coefficient (Wildman–Crippen LogP) is 5.70. The quantitative estimate of drug-likeness (QED) is 0.323. The summed E-state index contributed by atoms with van der Waals surface area (Å²) in [6.07, 6.45) is 6.31. The predicted molar refractivity (Wildman–Crippen MR) is 163 cm³/mol. The summed E-state index contributed by atoms with van der Waals surface area (Å²) < 4.78 is 50.4. The van der Waals surface area contributed by atoms with E-state index >= 15 is 4.39 Å². The number of ether oxygens (including phenoxy) is 1. The van der Waals surface area contributed by atoms with Crippen molar-refractivity contribution >= 4 is 11.7 Å². The zero-order valence-electron chi connectivity index (χ0n) is 25.6. The molecule has 9 heteroatoms. The van der Waals surface area contributed by atoms with Gasteiger partial charge in [0.25, 0.3) is 0 Å². The Morgan fingerprint density at radius 3 is 2.43 bits per heavy atom. The van der Waals surface area contributed by atoms with E-state index in [1.54, 1.807) is 23.1 Å². The largest absolute Gasteiger partial charge is 0.469 e. The first-order chi connectivity index (χ1) is 21.2. The molecule has 236 valence electrons. The lowest BCUT2D eigenvalue weighted by molar-refractivity contribution is -0.142. The van der Waals surface area contributed by atoms with Crippen molar-refractivity contribution in [3.05, 3.63) is 65.2 Å². The molecule has 3 atom stereocenters. The van der Waals surface area contributed by atoms with Gasteiger partial charge in [-0.1, -0.05) is 18.6 Å². The van der Waals surface area contributed by atoms with Gasteiger partial charge in [-0.15, -0.1) is 0 Å². The van der Waals surface area contributed by atoms with Crippen molar-refractivity contribution in [3.8, 4) is 6.07 Å². The van der Waals surface area contributed by atoms with Crippen molar-refractivity contribution in [2.75, 3.05) is 64.4 Å². The minimum Gasteiger partial charge on any atom is -0.469 e. The van der Waals surface area contributed by atoms with Crippen molar-refractivity contribution in [2.24, 2.45) is 17.8 Å². The Hall–Kier alpha value is -3.09. The second-order valence-corrected chi connectivity index (χ2v) is 13.6. The van der Waals surface area contributed by atoms with E-state index < -0.39 is 11.5 Å². The summed E-state index contributed by atoms with van der Waals surface area (Å²) in [4.78, 5) is 18.9. The smallest absolute Gasteiger partial charge is 0.305 e. The highest BCUT2D eigenvalue weighted by Gasteiger charge is 2.53. The third-order valence-electron chi connectivity index (χ3n) is 11.0. The molecule has 1 saturated carbocycles. The molecule has 0 bridgehead atoms. The maximum absolute atomic E-state index is 15.9. The molecule has 1 aliphatic carbocycles. The second-order valence-electron chi connectivity index (χ2n) is 13.6. The second kappa shape index (κ2) is 12.7. The molecule has 0 unspecified atom stereocenters. The number of esters is 1. The van der Waals surface area contributed by atoms with Crippen LogP contribution in [0, 0.1) is 40.7 Å². The number of alkyl halides is 1. The van der Waals surface area contributed by atoms with Crippen LogP contribution in [0.1, 0.15) is 56.1 Å². The molecular weight excluding hydrogens is 565 g/mol. The van der Waals surface area contributed by atoms with E-state index in [4.69, 9.17) is 10.00 Å². The van der Waals surface area contributed by atoms with Crippen molar-refractivity contribution in [1.29, 1.82) is 5.26 Å². The Kier molecular flexibility index (Phi) is 8.94. The molecule has 0 amide bonds. The van der Waals surface area contributed by atoms with Gasteiger partial charge in [-0.3, -0.25) is 9.69 Å². The lowest BCUT2D eigenvalue weighted by Crippen LogP contribution is -2.65. The zero-order valence-corrected chi connectivity index (χ0v) is 25.6. The summed E-state index contributed by atoms with van der Waals surface area (Å²) in [5.41, 5.74) is -0.122. The van der Waals surface area contributed by atoms with Gasteiger partial charge in [-0.2, -0.15) is 5.26 Å². The molecule has 0 aromatic heterocycles. The Balaban J connectivity index is 1.19. The summed E-state index contributed by atoms with van der Waals surface area (Å²) in [5.74, 6) is -0.232. The van der Waals surface area contributed by atoms with Crippen molar-refractivity contribution in [2.45, 2.75) is 56.0 Å². The molecule has 3 aliphatic heterocycles. The first-order valence-corrected chi connectivity index (χ1v) is 16.1. The van der Waals surface area contributed by atoms with Crippen LogP contribution < -0.4 is 4.90 Å². The van der Waals surface area contributed by atoms with Crippen LogP contribution in [0.5, 0.6) is 0 Å². The molecule has 3 saturated heterocycles. The molecule has 3 heterocycles. The van der Waals surface area contributed by atoms with Gasteiger partial charge in [0.15, 0.2) is 5.67 Å². The van der Waals surface area contributed by atoms with E-state index in [0.717, 1.165) is 76.8 Å². The van der Waals surface area contributed by atoms with Crippen LogP contribution in [-0.2, 0) is 14.9 Å². The van der Waals surface area contributed by atoms with Gasteiger partial charge >= 0.3 is 5.97 Å². The van der Waals surface area contributed by atoms with Gasteiger partial charge in [-0.05, 0) is 112 Å². The van der Waals surface area contributed by atoms with E-state index in [0.29, 0.717) is 18.7 Å². The van der Waals surface area contributed by atoms with Gasteiger partial charge < -0.3 is 14.5 Å². The van der Waals surface area contributed by atoms with Crippen molar-refractivity contribution < 1.29 is 22.7 Å². The maximum atomic E-state index is 15.9. The number of nitriles is 1. The molecule has 44 heavy (non-hydrogen) atoms. The average Bonchev–Trinajstić information content (AvgIpc) is 3.44. The van der Waals surface area contributed by atoms with Crippen molar-refractivity contribution in [3.63, 3.8) is 0 Å². The van der Waals surface area contributed by atoms with Crippen LogP contribution >= 0.6 is 0 Å². The fraction of sp³-hybridized carbons (Fsp3) is 0.600. The van der Waals surface area contributed by atoms with Crippen LogP contribution in [0.3, 0.4) is 0 Å². The summed E-state index contributed by atoms with van der Waals surface area (Å²) in [6.45, 7) is 4.93. The number of benzene rings is 2. The minimum absolute atomic E-state index is 0.120. The Morgan fingerprint density at radius 2 is 1.80 bits per heavy atom. The number of piperidine rings is 1. The molecule has 4 fully saturated rings. The van der Waals surface area contributed by atoms with Gasteiger partial charge in [-0.25, -0.2) is 13.2 Å².